The maximum Gasteiger partial charge on any atom is 0.251 e. The summed E-state index contributed by atoms with van der Waals surface area (Å²) >= 11 is 0. The Kier molecular flexibility index (Phi) is 5.49. The van der Waals surface area contributed by atoms with E-state index in [2.05, 4.69) is 5.32 Å². The summed E-state index contributed by atoms with van der Waals surface area (Å²) in [7, 11) is 0. The number of halogens is 1. The highest BCUT2D eigenvalue weighted by molar-refractivity contribution is 5.94. The van der Waals surface area contributed by atoms with Gasteiger partial charge in [-0.05, 0) is 43.4 Å². The summed E-state index contributed by atoms with van der Waals surface area (Å²) in [4.78, 5) is 11.8. The Morgan fingerprint density at radius 2 is 2.20 bits per heavy atom. The van der Waals surface area contributed by atoms with Crippen LogP contribution in [0.15, 0.2) is 24.3 Å². The fraction of sp³-hybridized carbons (Fsp3) is 0.533. The van der Waals surface area contributed by atoms with Gasteiger partial charge in [-0.15, -0.1) is 0 Å². The van der Waals surface area contributed by atoms with Gasteiger partial charge in [0.25, 0.3) is 5.91 Å². The van der Waals surface area contributed by atoms with Gasteiger partial charge in [0.2, 0.25) is 0 Å². The summed E-state index contributed by atoms with van der Waals surface area (Å²) in [6.45, 7) is 1.77. The number of carbonyl (C=O) groups excluding carboxylic acids is 1. The maximum absolute atomic E-state index is 13.0. The average Bonchev–Trinajstić information content (AvgIpc) is 2.48. The summed E-state index contributed by atoms with van der Waals surface area (Å²) in [6.07, 6.45) is 1.80. The van der Waals surface area contributed by atoms with Crippen molar-refractivity contribution in [2.75, 3.05) is 19.8 Å². The number of amides is 1. The molecule has 2 rings (SSSR count). The van der Waals surface area contributed by atoms with Crippen LogP contribution in [0.1, 0.15) is 29.6 Å². The topological polar surface area (TPSA) is 58.6 Å². The summed E-state index contributed by atoms with van der Waals surface area (Å²) < 4.78 is 18.2. The third kappa shape index (κ3) is 4.28. The van der Waals surface area contributed by atoms with E-state index in [0.717, 1.165) is 12.8 Å². The van der Waals surface area contributed by atoms with Crippen molar-refractivity contribution < 1.29 is 19.0 Å². The minimum atomic E-state index is -0.431. The maximum atomic E-state index is 13.0. The Labute approximate surface area is 117 Å². The standard InChI is InChI=1S/C15H20FNO3/c16-13-3-1-2-12(10-13)15(19)17-7-4-14(18)11-5-8-20-9-6-11/h1-3,10-11,14,18H,4-9H2,(H,17,19). The van der Waals surface area contributed by atoms with Crippen LogP contribution in [0.3, 0.4) is 0 Å². The SMILES string of the molecule is O=C(NCCC(O)C1CCOCC1)c1cccc(F)c1. The van der Waals surface area contributed by atoms with Gasteiger partial charge >= 0.3 is 0 Å². The molecule has 0 aromatic heterocycles. The normalized spacial score (nSPS) is 17.7. The van der Waals surface area contributed by atoms with Crippen molar-refractivity contribution in [3.05, 3.63) is 35.6 Å². The minimum Gasteiger partial charge on any atom is -0.393 e. The molecule has 1 saturated heterocycles. The molecule has 0 spiro atoms. The highest BCUT2D eigenvalue weighted by atomic mass is 19.1. The van der Waals surface area contributed by atoms with Crippen LogP contribution >= 0.6 is 0 Å². The number of ether oxygens (including phenoxy) is 1. The first-order chi connectivity index (χ1) is 9.66. The first-order valence-electron chi connectivity index (χ1n) is 6.96. The molecule has 0 saturated carbocycles. The van der Waals surface area contributed by atoms with Crippen LogP contribution < -0.4 is 5.32 Å². The van der Waals surface area contributed by atoms with Crippen molar-refractivity contribution in [3.63, 3.8) is 0 Å². The second-order valence-electron chi connectivity index (χ2n) is 5.07. The molecule has 1 aromatic rings. The quantitative estimate of drug-likeness (QED) is 0.864. The van der Waals surface area contributed by atoms with E-state index in [1.807, 2.05) is 0 Å². The lowest BCUT2D eigenvalue weighted by Gasteiger charge is -2.26. The molecule has 1 aliphatic rings. The molecule has 5 heteroatoms. The Morgan fingerprint density at radius 3 is 2.90 bits per heavy atom. The lowest BCUT2D eigenvalue weighted by atomic mass is 9.92. The number of hydrogen-bond donors (Lipinski definition) is 2. The van der Waals surface area contributed by atoms with E-state index in [1.54, 1.807) is 6.07 Å². The highest BCUT2D eigenvalue weighted by Crippen LogP contribution is 2.20. The van der Waals surface area contributed by atoms with Gasteiger partial charge in [0.1, 0.15) is 5.82 Å². The Morgan fingerprint density at radius 1 is 1.45 bits per heavy atom. The molecule has 1 unspecified atom stereocenters. The van der Waals surface area contributed by atoms with Crippen molar-refractivity contribution in [1.82, 2.24) is 5.32 Å². The van der Waals surface area contributed by atoms with Gasteiger partial charge < -0.3 is 15.2 Å². The van der Waals surface area contributed by atoms with Gasteiger partial charge in [-0.3, -0.25) is 4.79 Å². The molecule has 1 heterocycles. The van der Waals surface area contributed by atoms with Crippen LogP contribution in [0, 0.1) is 11.7 Å². The number of carbonyl (C=O) groups is 1. The van der Waals surface area contributed by atoms with Crippen LogP contribution in [0.4, 0.5) is 4.39 Å². The molecular formula is C15H20FNO3. The summed E-state index contributed by atoms with van der Waals surface area (Å²) in [5, 5.41) is 12.7. The first-order valence-corrected chi connectivity index (χ1v) is 6.96. The molecule has 0 aliphatic carbocycles. The summed E-state index contributed by atoms with van der Waals surface area (Å²) in [5.41, 5.74) is 0.297. The Balaban J connectivity index is 1.73. The molecule has 0 radical (unpaired) electrons. The lowest BCUT2D eigenvalue weighted by Crippen LogP contribution is -2.32. The van der Waals surface area contributed by atoms with E-state index in [0.29, 0.717) is 31.7 Å². The minimum absolute atomic E-state index is 0.245. The van der Waals surface area contributed by atoms with Crippen molar-refractivity contribution in [2.24, 2.45) is 5.92 Å². The van der Waals surface area contributed by atoms with Gasteiger partial charge in [0, 0.05) is 25.3 Å². The highest BCUT2D eigenvalue weighted by Gasteiger charge is 2.21. The molecule has 4 nitrogen and oxygen atoms in total. The van der Waals surface area contributed by atoms with Crippen LogP contribution in [0.25, 0.3) is 0 Å². The third-order valence-corrected chi connectivity index (χ3v) is 3.62. The molecule has 0 bridgehead atoms. The van der Waals surface area contributed by atoms with Crippen molar-refractivity contribution in [3.8, 4) is 0 Å². The van der Waals surface area contributed by atoms with Crippen LogP contribution in [-0.4, -0.2) is 36.9 Å². The number of nitrogens with one attached hydrogen (secondary N) is 1. The third-order valence-electron chi connectivity index (χ3n) is 3.62. The van der Waals surface area contributed by atoms with Crippen LogP contribution in [0.2, 0.25) is 0 Å². The number of aliphatic hydroxyl groups is 1. The molecular weight excluding hydrogens is 261 g/mol. The van der Waals surface area contributed by atoms with E-state index in [-0.39, 0.29) is 11.8 Å². The molecule has 1 aromatic carbocycles. The van der Waals surface area contributed by atoms with Gasteiger partial charge in [-0.1, -0.05) is 6.07 Å². The first kappa shape index (κ1) is 14.9. The van der Waals surface area contributed by atoms with Crippen molar-refractivity contribution in [1.29, 1.82) is 0 Å². The fourth-order valence-electron chi connectivity index (χ4n) is 2.40. The van der Waals surface area contributed by atoms with Gasteiger partial charge in [0.15, 0.2) is 0 Å². The zero-order chi connectivity index (χ0) is 14.4. The second-order valence-corrected chi connectivity index (χ2v) is 5.07. The smallest absolute Gasteiger partial charge is 0.251 e. The van der Waals surface area contributed by atoms with E-state index in [9.17, 15) is 14.3 Å². The second kappa shape index (κ2) is 7.36. The van der Waals surface area contributed by atoms with E-state index >= 15 is 0 Å². The fourth-order valence-corrected chi connectivity index (χ4v) is 2.40. The summed E-state index contributed by atoms with van der Waals surface area (Å²) in [5.74, 6) is -0.501. The summed E-state index contributed by atoms with van der Waals surface area (Å²) in [6, 6.07) is 5.56. The number of benzene rings is 1. The van der Waals surface area contributed by atoms with Gasteiger partial charge in [-0.25, -0.2) is 4.39 Å². The number of rotatable bonds is 5. The predicted octanol–water partition coefficient (Wildman–Crippen LogP) is 1.73. The predicted molar refractivity (Wildman–Crippen MR) is 72.9 cm³/mol. The van der Waals surface area contributed by atoms with Crippen LogP contribution in [-0.2, 0) is 4.74 Å². The monoisotopic (exact) mass is 281 g/mol. The number of aliphatic hydroxyl groups excluding tert-OH is 1. The molecule has 1 atom stereocenters. The molecule has 1 fully saturated rings. The Hall–Kier alpha value is -1.46. The van der Waals surface area contributed by atoms with Crippen molar-refractivity contribution >= 4 is 5.91 Å². The molecule has 110 valence electrons. The van der Waals surface area contributed by atoms with Gasteiger partial charge in [-0.2, -0.15) is 0 Å². The van der Waals surface area contributed by atoms with Crippen molar-refractivity contribution in [2.45, 2.75) is 25.4 Å². The largest absolute Gasteiger partial charge is 0.393 e. The molecule has 2 N–H and O–H groups in total. The molecule has 1 amide bonds. The average molecular weight is 281 g/mol. The van der Waals surface area contributed by atoms with Gasteiger partial charge in [0.05, 0.1) is 6.10 Å². The zero-order valence-corrected chi connectivity index (χ0v) is 11.3. The van der Waals surface area contributed by atoms with E-state index in [1.165, 1.54) is 18.2 Å². The Bertz CT molecular complexity index is 446. The zero-order valence-electron chi connectivity index (χ0n) is 11.3. The lowest BCUT2D eigenvalue weighted by molar-refractivity contribution is 0.00528. The van der Waals surface area contributed by atoms with E-state index < -0.39 is 11.9 Å². The van der Waals surface area contributed by atoms with E-state index in [4.69, 9.17) is 4.74 Å². The molecule has 1 aliphatic heterocycles. The van der Waals surface area contributed by atoms with Crippen LogP contribution in [0.5, 0.6) is 0 Å². The number of hydrogen-bond acceptors (Lipinski definition) is 3. The molecule has 20 heavy (non-hydrogen) atoms.